The maximum atomic E-state index is 14.2. The maximum absolute atomic E-state index is 14.2. The second kappa shape index (κ2) is 8.93. The molecule has 0 aliphatic carbocycles. The second-order valence-electron chi connectivity index (χ2n) is 7.80. The average molecular weight is 429 g/mol. The summed E-state index contributed by atoms with van der Waals surface area (Å²) < 4.78 is 45.5. The van der Waals surface area contributed by atoms with Gasteiger partial charge in [-0.3, -0.25) is 4.98 Å². The van der Waals surface area contributed by atoms with Gasteiger partial charge in [-0.15, -0.1) is 0 Å². The van der Waals surface area contributed by atoms with Gasteiger partial charge in [0.2, 0.25) is 0 Å². The third-order valence-corrected chi connectivity index (χ3v) is 5.53. The number of likely N-dealkylation sites (tertiary alicyclic amines) is 1. The lowest BCUT2D eigenvalue weighted by Gasteiger charge is -2.28. The normalized spacial score (nSPS) is 15.2. The summed E-state index contributed by atoms with van der Waals surface area (Å²) in [6, 6.07) is 7.02. The van der Waals surface area contributed by atoms with E-state index in [1.165, 1.54) is 12.3 Å². The number of hydrogen-bond donors (Lipinski definition) is 1. The van der Waals surface area contributed by atoms with Crippen LogP contribution < -0.4 is 19.9 Å². The molecule has 3 aromatic rings. The molecular weight excluding hydrogens is 404 g/mol. The van der Waals surface area contributed by atoms with Crippen molar-refractivity contribution in [1.82, 2.24) is 9.88 Å². The summed E-state index contributed by atoms with van der Waals surface area (Å²) in [5, 5.41) is 0.543. The number of anilines is 1. The van der Waals surface area contributed by atoms with Gasteiger partial charge >= 0.3 is 0 Å². The molecule has 0 amide bonds. The summed E-state index contributed by atoms with van der Waals surface area (Å²) in [5.41, 5.74) is 6.02. The molecule has 0 spiro atoms. The molecule has 164 valence electrons. The van der Waals surface area contributed by atoms with Crippen LogP contribution in [0.1, 0.15) is 12.8 Å². The molecule has 1 saturated heterocycles. The Labute approximate surface area is 179 Å². The number of piperidine rings is 1. The van der Waals surface area contributed by atoms with Crippen molar-refractivity contribution in [2.75, 3.05) is 39.6 Å². The molecule has 0 saturated carbocycles. The van der Waals surface area contributed by atoms with Gasteiger partial charge in [-0.2, -0.15) is 0 Å². The van der Waals surface area contributed by atoms with E-state index in [0.717, 1.165) is 38.1 Å². The molecule has 0 radical (unpaired) electrons. The summed E-state index contributed by atoms with van der Waals surface area (Å²) in [5.74, 6) is -0.494. The molecule has 1 aliphatic heterocycles. The molecule has 1 fully saturated rings. The van der Waals surface area contributed by atoms with Crippen molar-refractivity contribution in [2.24, 2.45) is 5.92 Å². The van der Waals surface area contributed by atoms with Crippen molar-refractivity contribution in [1.29, 1.82) is 0 Å². The summed E-state index contributed by atoms with van der Waals surface area (Å²) >= 11 is 0. The fraction of sp³-hybridized carbons (Fsp3) is 0.348. The third-order valence-electron chi connectivity index (χ3n) is 5.53. The van der Waals surface area contributed by atoms with Crippen molar-refractivity contribution in [3.8, 4) is 23.0 Å². The Hall–Kier alpha value is -3.13. The van der Waals surface area contributed by atoms with E-state index in [2.05, 4.69) is 16.9 Å². The van der Waals surface area contributed by atoms with Crippen LogP contribution in [0, 0.1) is 17.6 Å². The zero-order chi connectivity index (χ0) is 22.0. The van der Waals surface area contributed by atoms with Gasteiger partial charge in [0, 0.05) is 35.5 Å². The lowest BCUT2D eigenvalue weighted by molar-refractivity contribution is 0.157. The van der Waals surface area contributed by atoms with Gasteiger partial charge in [-0.25, -0.2) is 8.78 Å². The first-order valence-electron chi connectivity index (χ1n) is 10.1. The van der Waals surface area contributed by atoms with Crippen molar-refractivity contribution in [3.63, 3.8) is 0 Å². The van der Waals surface area contributed by atoms with Crippen LogP contribution in [0.25, 0.3) is 10.9 Å². The standard InChI is InChI=1S/C23H25F2N3O3/c1-28-7-4-14(5-8-28)13-30-22-12-19-16(11-21(22)29-2)20(3-6-27-19)31-23-17(24)9-15(26)10-18(23)25/h3,6,9-12,14H,4-5,7-8,13,26H2,1-2H3. The topological polar surface area (TPSA) is 69.8 Å². The Morgan fingerprint density at radius 2 is 1.77 bits per heavy atom. The Balaban J connectivity index is 1.61. The van der Waals surface area contributed by atoms with Crippen LogP contribution in [-0.4, -0.2) is 43.7 Å². The third kappa shape index (κ3) is 4.64. The first-order chi connectivity index (χ1) is 14.9. The number of pyridine rings is 1. The molecule has 8 heteroatoms. The molecule has 1 aliphatic rings. The van der Waals surface area contributed by atoms with E-state index in [-0.39, 0.29) is 11.4 Å². The molecule has 0 unspecified atom stereocenters. The second-order valence-corrected chi connectivity index (χ2v) is 7.80. The van der Waals surface area contributed by atoms with E-state index >= 15 is 0 Å². The zero-order valence-corrected chi connectivity index (χ0v) is 17.5. The van der Waals surface area contributed by atoms with Crippen LogP contribution in [-0.2, 0) is 0 Å². The van der Waals surface area contributed by atoms with Crippen molar-refractivity contribution in [3.05, 3.63) is 48.2 Å². The number of aromatic nitrogens is 1. The quantitative estimate of drug-likeness (QED) is 0.577. The van der Waals surface area contributed by atoms with Gasteiger partial charge in [-0.1, -0.05) is 0 Å². The van der Waals surface area contributed by atoms with E-state index < -0.39 is 17.4 Å². The van der Waals surface area contributed by atoms with Gasteiger partial charge in [-0.05, 0) is 51.0 Å². The highest BCUT2D eigenvalue weighted by molar-refractivity contribution is 5.88. The maximum Gasteiger partial charge on any atom is 0.198 e. The van der Waals surface area contributed by atoms with Crippen LogP contribution in [0.5, 0.6) is 23.0 Å². The SMILES string of the molecule is COc1cc2c(Oc3c(F)cc(N)cc3F)ccnc2cc1OCC1CCN(C)CC1. The predicted octanol–water partition coefficient (Wildman–Crippen LogP) is 4.62. The summed E-state index contributed by atoms with van der Waals surface area (Å²) in [6.07, 6.45) is 3.68. The van der Waals surface area contributed by atoms with E-state index in [1.807, 2.05) is 0 Å². The number of hydrogen-bond acceptors (Lipinski definition) is 6. The fourth-order valence-corrected chi connectivity index (χ4v) is 3.71. The van der Waals surface area contributed by atoms with Crippen LogP contribution in [0.3, 0.4) is 0 Å². The Bertz CT molecular complexity index is 1060. The van der Waals surface area contributed by atoms with Crippen molar-refractivity contribution < 1.29 is 23.0 Å². The molecule has 4 rings (SSSR count). The lowest BCUT2D eigenvalue weighted by Crippen LogP contribution is -2.32. The summed E-state index contributed by atoms with van der Waals surface area (Å²) in [4.78, 5) is 6.66. The minimum absolute atomic E-state index is 0.0185. The Morgan fingerprint density at radius 1 is 1.06 bits per heavy atom. The van der Waals surface area contributed by atoms with E-state index in [1.54, 1.807) is 19.2 Å². The van der Waals surface area contributed by atoms with Gasteiger partial charge in [0.15, 0.2) is 28.9 Å². The van der Waals surface area contributed by atoms with E-state index in [9.17, 15) is 8.78 Å². The Morgan fingerprint density at radius 3 is 2.45 bits per heavy atom. The van der Waals surface area contributed by atoms with Crippen LogP contribution >= 0.6 is 0 Å². The first-order valence-corrected chi connectivity index (χ1v) is 10.1. The van der Waals surface area contributed by atoms with E-state index in [4.69, 9.17) is 19.9 Å². The van der Waals surface area contributed by atoms with Gasteiger partial charge in [0.25, 0.3) is 0 Å². The summed E-state index contributed by atoms with van der Waals surface area (Å²) in [6.45, 7) is 2.71. The number of methoxy groups -OCH3 is 1. The summed E-state index contributed by atoms with van der Waals surface area (Å²) in [7, 11) is 3.66. The largest absolute Gasteiger partial charge is 0.493 e. The molecule has 0 atom stereocenters. The smallest absolute Gasteiger partial charge is 0.198 e. The first kappa shape index (κ1) is 21.1. The molecule has 0 bridgehead atoms. The molecular formula is C23H25F2N3O3. The molecule has 2 N–H and O–H groups in total. The van der Waals surface area contributed by atoms with Crippen molar-refractivity contribution in [2.45, 2.75) is 12.8 Å². The van der Waals surface area contributed by atoms with Crippen LogP contribution in [0.2, 0.25) is 0 Å². The van der Waals surface area contributed by atoms with E-state index in [0.29, 0.717) is 34.9 Å². The molecule has 2 heterocycles. The molecule has 6 nitrogen and oxygen atoms in total. The highest BCUT2D eigenvalue weighted by atomic mass is 19.1. The van der Waals surface area contributed by atoms with Gasteiger partial charge < -0.3 is 24.8 Å². The fourth-order valence-electron chi connectivity index (χ4n) is 3.71. The minimum atomic E-state index is -0.882. The molecule has 2 aromatic carbocycles. The van der Waals surface area contributed by atoms with Crippen LogP contribution in [0.15, 0.2) is 36.5 Å². The molecule has 31 heavy (non-hydrogen) atoms. The lowest BCUT2D eigenvalue weighted by atomic mass is 9.98. The Kier molecular flexibility index (Phi) is 6.08. The number of halogens is 2. The van der Waals surface area contributed by atoms with Crippen LogP contribution in [0.4, 0.5) is 14.5 Å². The minimum Gasteiger partial charge on any atom is -0.493 e. The number of nitrogens with two attached hydrogens (primary N) is 1. The number of ether oxygens (including phenoxy) is 3. The highest BCUT2D eigenvalue weighted by Crippen LogP contribution is 2.38. The highest BCUT2D eigenvalue weighted by Gasteiger charge is 2.20. The van der Waals surface area contributed by atoms with Gasteiger partial charge in [0.05, 0.1) is 19.2 Å². The zero-order valence-electron chi connectivity index (χ0n) is 17.5. The number of rotatable bonds is 6. The average Bonchev–Trinajstić information content (AvgIpc) is 2.75. The number of nitrogen functional groups attached to an aromatic ring is 1. The van der Waals surface area contributed by atoms with Crippen molar-refractivity contribution >= 4 is 16.6 Å². The monoisotopic (exact) mass is 429 g/mol. The van der Waals surface area contributed by atoms with Gasteiger partial charge in [0.1, 0.15) is 5.75 Å². The number of fused-ring (bicyclic) bond motifs is 1. The number of nitrogens with zero attached hydrogens (tertiary/aromatic N) is 2. The number of benzene rings is 2. The predicted molar refractivity (Wildman–Crippen MR) is 115 cm³/mol. The molecule has 1 aromatic heterocycles.